The van der Waals surface area contributed by atoms with Crippen molar-refractivity contribution in [1.82, 2.24) is 10.3 Å². The number of hydrogen-bond donors (Lipinski definition) is 2. The zero-order chi connectivity index (χ0) is 14.8. The van der Waals surface area contributed by atoms with Crippen LogP contribution in [0.2, 0.25) is 0 Å². The van der Waals surface area contributed by atoms with Crippen molar-refractivity contribution in [2.24, 2.45) is 4.99 Å². The summed E-state index contributed by atoms with van der Waals surface area (Å²) >= 11 is 0. The molecule has 0 radical (unpaired) electrons. The van der Waals surface area contributed by atoms with Crippen molar-refractivity contribution >= 4 is 17.3 Å². The molecular weight excluding hydrogens is 266 g/mol. The summed E-state index contributed by atoms with van der Waals surface area (Å²) in [4.78, 5) is 6.46. The van der Waals surface area contributed by atoms with Gasteiger partial charge in [-0.15, -0.1) is 0 Å². The number of fused-ring (bicyclic) bond motifs is 3. The van der Waals surface area contributed by atoms with Crippen molar-refractivity contribution in [2.45, 2.75) is 25.7 Å². The largest absolute Gasteiger partial charge is 0.739 e. The number of benzene rings is 1. The molecule has 0 spiro atoms. The maximum absolute atomic E-state index is 12.3. The first-order valence-corrected chi connectivity index (χ1v) is 7.50. The Morgan fingerprint density at radius 2 is 2.10 bits per heavy atom. The predicted octanol–water partition coefficient (Wildman–Crippen LogP) is 1.72. The van der Waals surface area contributed by atoms with Gasteiger partial charge in [0.2, 0.25) is 5.96 Å². The quantitative estimate of drug-likeness (QED) is 0.886. The van der Waals surface area contributed by atoms with E-state index in [9.17, 15) is 5.21 Å². The van der Waals surface area contributed by atoms with E-state index >= 15 is 0 Å². The second-order valence-electron chi connectivity index (χ2n) is 5.87. The molecule has 1 heterocycles. The van der Waals surface area contributed by atoms with Gasteiger partial charge in [-0.05, 0) is 57.0 Å². The van der Waals surface area contributed by atoms with Gasteiger partial charge in [0.25, 0.3) is 0 Å². The second-order valence-corrected chi connectivity index (χ2v) is 5.87. The van der Waals surface area contributed by atoms with Crippen LogP contribution in [0.15, 0.2) is 17.1 Å². The van der Waals surface area contributed by atoms with Gasteiger partial charge in [0.15, 0.2) is 0 Å². The average Bonchev–Trinajstić information content (AvgIpc) is 2.46. The third-order valence-electron chi connectivity index (χ3n) is 3.98. The zero-order valence-corrected chi connectivity index (χ0v) is 12.6. The first kappa shape index (κ1) is 14.2. The van der Waals surface area contributed by atoms with Crippen LogP contribution in [0, 0.1) is 5.21 Å². The molecule has 6 heteroatoms. The fourth-order valence-corrected chi connectivity index (χ4v) is 2.89. The van der Waals surface area contributed by atoms with Crippen molar-refractivity contribution in [3.63, 3.8) is 0 Å². The molecule has 2 N–H and O–H groups in total. The minimum absolute atomic E-state index is 0.523. The molecule has 1 aromatic rings. The first-order chi connectivity index (χ1) is 10.1. The smallest absolute Gasteiger partial charge is 0.214 e. The third-order valence-corrected chi connectivity index (χ3v) is 3.98. The van der Waals surface area contributed by atoms with Crippen LogP contribution in [0.1, 0.15) is 24.0 Å². The normalized spacial score (nSPS) is 19.0. The van der Waals surface area contributed by atoms with Crippen LogP contribution in [0.3, 0.4) is 0 Å². The molecule has 0 fully saturated rings. The van der Waals surface area contributed by atoms with Crippen LogP contribution in [0.25, 0.3) is 0 Å². The summed E-state index contributed by atoms with van der Waals surface area (Å²) in [5.41, 5.74) is 6.87. The lowest BCUT2D eigenvalue weighted by atomic mass is 9.89. The van der Waals surface area contributed by atoms with Gasteiger partial charge in [0.1, 0.15) is 0 Å². The topological polar surface area (TPSA) is 66.0 Å². The molecule has 0 bridgehead atoms. The van der Waals surface area contributed by atoms with Gasteiger partial charge >= 0.3 is 0 Å². The van der Waals surface area contributed by atoms with Crippen LogP contribution in [0.5, 0.6) is 0 Å². The van der Waals surface area contributed by atoms with E-state index < -0.39 is 0 Å². The number of anilines is 2. The number of nitrogens with zero attached hydrogens (tertiary/aromatic N) is 3. The van der Waals surface area contributed by atoms with Gasteiger partial charge in [0, 0.05) is 6.54 Å². The summed E-state index contributed by atoms with van der Waals surface area (Å²) in [6.07, 6.45) is 4.41. The number of hydrazine groups is 1. The summed E-state index contributed by atoms with van der Waals surface area (Å²) < 4.78 is 0. The van der Waals surface area contributed by atoms with Crippen LogP contribution >= 0.6 is 0 Å². The fourth-order valence-electron chi connectivity index (χ4n) is 2.89. The van der Waals surface area contributed by atoms with E-state index in [1.165, 1.54) is 17.5 Å². The molecule has 2 aliphatic rings. The standard InChI is InChI=1S/C15H22N5O/c1-19(2)10-9-16-15-17-13-8-7-11-5-3-4-6-12(11)14(13)20(21)18-15/h7-8H,3-6,9-10H2,1-2H3,(H2,16,17,18)/q-1. The summed E-state index contributed by atoms with van der Waals surface area (Å²) in [5.74, 6) is 0.523. The van der Waals surface area contributed by atoms with Crippen LogP contribution in [0.4, 0.5) is 11.4 Å². The molecule has 3 rings (SSSR count). The van der Waals surface area contributed by atoms with E-state index in [4.69, 9.17) is 0 Å². The molecular formula is C15H22N5O-. The molecule has 1 aliphatic carbocycles. The maximum atomic E-state index is 12.3. The molecule has 1 aromatic carbocycles. The lowest BCUT2D eigenvalue weighted by Gasteiger charge is -2.41. The Morgan fingerprint density at radius 3 is 2.90 bits per heavy atom. The summed E-state index contributed by atoms with van der Waals surface area (Å²) in [5, 5.41) is 16.4. The number of likely N-dealkylation sites (N-methyl/N-ethyl adjacent to an activating group) is 1. The van der Waals surface area contributed by atoms with Crippen molar-refractivity contribution in [2.75, 3.05) is 37.7 Å². The minimum atomic E-state index is 0.523. The first-order valence-electron chi connectivity index (χ1n) is 7.50. The molecule has 0 aromatic heterocycles. The number of aliphatic imine (C=N–C) groups is 1. The SMILES string of the molecule is CN(C)CCN=C1Nc2ccc3c(c2N([O-])N1)CCCC3. The average molecular weight is 288 g/mol. The summed E-state index contributed by atoms with van der Waals surface area (Å²) in [6, 6.07) is 4.13. The highest BCUT2D eigenvalue weighted by Gasteiger charge is 2.21. The Labute approximate surface area is 125 Å². The predicted molar refractivity (Wildman–Crippen MR) is 86.5 cm³/mol. The number of guanidine groups is 1. The van der Waals surface area contributed by atoms with Crippen molar-refractivity contribution in [3.05, 3.63) is 28.5 Å². The Kier molecular flexibility index (Phi) is 3.98. The molecule has 114 valence electrons. The molecule has 0 saturated carbocycles. The lowest BCUT2D eigenvalue weighted by Crippen LogP contribution is -2.47. The van der Waals surface area contributed by atoms with Crippen LogP contribution < -0.4 is 15.9 Å². The van der Waals surface area contributed by atoms with Crippen LogP contribution in [-0.2, 0) is 12.8 Å². The van der Waals surface area contributed by atoms with E-state index in [1.807, 2.05) is 20.2 Å². The summed E-state index contributed by atoms with van der Waals surface area (Å²) in [6.45, 7) is 1.50. The third kappa shape index (κ3) is 2.96. The monoisotopic (exact) mass is 288 g/mol. The molecule has 0 unspecified atom stereocenters. The Balaban J connectivity index is 1.83. The van der Waals surface area contributed by atoms with Crippen LogP contribution in [-0.4, -0.2) is 38.0 Å². The van der Waals surface area contributed by atoms with Gasteiger partial charge in [-0.1, -0.05) is 6.07 Å². The number of hydrogen-bond acceptors (Lipinski definition) is 4. The van der Waals surface area contributed by atoms with Gasteiger partial charge in [-0.2, -0.15) is 0 Å². The lowest BCUT2D eigenvalue weighted by molar-refractivity contribution is 0.420. The van der Waals surface area contributed by atoms with E-state index in [-0.39, 0.29) is 0 Å². The van der Waals surface area contributed by atoms with Crippen molar-refractivity contribution in [3.8, 4) is 0 Å². The number of nitrogens with one attached hydrogen (secondary N) is 2. The van der Waals surface area contributed by atoms with E-state index in [0.717, 1.165) is 42.4 Å². The van der Waals surface area contributed by atoms with Crippen molar-refractivity contribution in [1.29, 1.82) is 0 Å². The van der Waals surface area contributed by atoms with Crippen molar-refractivity contribution < 1.29 is 0 Å². The highest BCUT2D eigenvalue weighted by Crippen LogP contribution is 2.37. The highest BCUT2D eigenvalue weighted by atomic mass is 16.5. The van der Waals surface area contributed by atoms with Gasteiger partial charge in [0.05, 0.1) is 17.9 Å². The van der Waals surface area contributed by atoms with Gasteiger partial charge in [-0.3, -0.25) is 10.4 Å². The van der Waals surface area contributed by atoms with E-state index in [2.05, 4.69) is 26.7 Å². The van der Waals surface area contributed by atoms with E-state index in [1.54, 1.807) is 0 Å². The minimum Gasteiger partial charge on any atom is -0.739 e. The highest BCUT2D eigenvalue weighted by molar-refractivity contribution is 6.02. The molecule has 6 nitrogen and oxygen atoms in total. The molecule has 0 atom stereocenters. The summed E-state index contributed by atoms with van der Waals surface area (Å²) in [7, 11) is 4.01. The Bertz CT molecular complexity index is 555. The van der Waals surface area contributed by atoms with Gasteiger partial charge in [-0.25, -0.2) is 0 Å². The molecule has 21 heavy (non-hydrogen) atoms. The molecule has 0 amide bonds. The second kappa shape index (κ2) is 5.91. The molecule has 0 saturated heterocycles. The number of aryl methyl sites for hydroxylation is 1. The number of rotatable bonds is 3. The van der Waals surface area contributed by atoms with Gasteiger partial charge < -0.3 is 20.6 Å². The fraction of sp³-hybridized carbons (Fsp3) is 0.533. The Morgan fingerprint density at radius 1 is 1.29 bits per heavy atom. The maximum Gasteiger partial charge on any atom is 0.214 e. The Hall–Kier alpha value is -1.79. The van der Waals surface area contributed by atoms with E-state index in [0.29, 0.717) is 12.5 Å². The zero-order valence-electron chi connectivity index (χ0n) is 12.6. The molecule has 1 aliphatic heterocycles.